The quantitative estimate of drug-likeness (QED) is 0.631. The molecule has 1 heterocycles. The van der Waals surface area contributed by atoms with Gasteiger partial charge in [0.2, 0.25) is 0 Å². The molecular formula is C18H16O4S2. The van der Waals surface area contributed by atoms with E-state index in [9.17, 15) is 9.59 Å². The maximum Gasteiger partial charge on any atom is 0.338 e. The average molecular weight is 360 g/mol. The van der Waals surface area contributed by atoms with Crippen LogP contribution in [0.15, 0.2) is 56.0 Å². The van der Waals surface area contributed by atoms with E-state index in [0.29, 0.717) is 24.3 Å². The number of carbonyl (C=O) groups excluding carboxylic acids is 2. The number of benzene rings is 2. The molecule has 0 amide bonds. The van der Waals surface area contributed by atoms with E-state index in [0.717, 1.165) is 19.6 Å². The van der Waals surface area contributed by atoms with Crippen molar-refractivity contribution in [1.82, 2.24) is 0 Å². The minimum absolute atomic E-state index is 0.311. The molecule has 0 unspecified atom stereocenters. The molecule has 0 N–H and O–H groups in total. The number of hydrogen-bond acceptors (Lipinski definition) is 6. The maximum atomic E-state index is 11.9. The predicted octanol–water partition coefficient (Wildman–Crippen LogP) is 4.66. The van der Waals surface area contributed by atoms with Crippen molar-refractivity contribution in [3.63, 3.8) is 0 Å². The van der Waals surface area contributed by atoms with Gasteiger partial charge in [0.1, 0.15) is 0 Å². The second-order valence-corrected chi connectivity index (χ2v) is 7.14. The molecule has 6 heteroatoms. The third kappa shape index (κ3) is 3.44. The molecule has 1 aliphatic rings. The van der Waals surface area contributed by atoms with Gasteiger partial charge in [0.15, 0.2) is 0 Å². The largest absolute Gasteiger partial charge is 0.462 e. The first-order chi connectivity index (χ1) is 11.6. The van der Waals surface area contributed by atoms with Crippen molar-refractivity contribution >= 4 is 35.5 Å². The number of ether oxygens (including phenoxy) is 2. The van der Waals surface area contributed by atoms with Gasteiger partial charge in [-0.2, -0.15) is 0 Å². The van der Waals surface area contributed by atoms with Gasteiger partial charge in [-0.25, -0.2) is 9.59 Å². The van der Waals surface area contributed by atoms with Crippen LogP contribution in [0, 0.1) is 0 Å². The summed E-state index contributed by atoms with van der Waals surface area (Å²) >= 11 is 3.17. The van der Waals surface area contributed by atoms with E-state index in [1.54, 1.807) is 49.5 Å². The fraction of sp³-hybridized carbons (Fsp3) is 0.222. The van der Waals surface area contributed by atoms with E-state index in [1.165, 1.54) is 0 Å². The molecule has 0 fully saturated rings. The summed E-state index contributed by atoms with van der Waals surface area (Å²) in [5.74, 6) is -0.622. The second kappa shape index (κ2) is 7.32. The summed E-state index contributed by atoms with van der Waals surface area (Å²) in [6.45, 7) is 4.30. The summed E-state index contributed by atoms with van der Waals surface area (Å²) in [7, 11) is 0. The van der Waals surface area contributed by atoms with Crippen molar-refractivity contribution in [2.24, 2.45) is 0 Å². The number of rotatable bonds is 4. The van der Waals surface area contributed by atoms with Gasteiger partial charge >= 0.3 is 11.9 Å². The van der Waals surface area contributed by atoms with Gasteiger partial charge in [0, 0.05) is 19.6 Å². The molecule has 124 valence electrons. The summed E-state index contributed by atoms with van der Waals surface area (Å²) in [5, 5.41) is 0. The van der Waals surface area contributed by atoms with Crippen LogP contribution in [0.3, 0.4) is 0 Å². The molecule has 1 aliphatic heterocycles. The topological polar surface area (TPSA) is 52.6 Å². The van der Waals surface area contributed by atoms with E-state index in [2.05, 4.69) is 0 Å². The Morgan fingerprint density at radius 1 is 0.750 bits per heavy atom. The highest BCUT2D eigenvalue weighted by atomic mass is 32.2. The van der Waals surface area contributed by atoms with Gasteiger partial charge in [-0.05, 0) is 50.2 Å². The zero-order valence-electron chi connectivity index (χ0n) is 13.3. The van der Waals surface area contributed by atoms with Crippen LogP contribution in [0.4, 0.5) is 0 Å². The van der Waals surface area contributed by atoms with E-state index < -0.39 is 0 Å². The van der Waals surface area contributed by atoms with E-state index in [1.807, 2.05) is 24.3 Å². The Labute approximate surface area is 148 Å². The lowest BCUT2D eigenvalue weighted by atomic mass is 10.2. The molecule has 2 aromatic carbocycles. The Bertz CT molecular complexity index is 734. The molecule has 0 saturated carbocycles. The maximum absolute atomic E-state index is 11.9. The molecule has 0 radical (unpaired) electrons. The zero-order valence-corrected chi connectivity index (χ0v) is 15.0. The van der Waals surface area contributed by atoms with Gasteiger partial charge in [0.25, 0.3) is 0 Å². The molecule has 0 atom stereocenters. The van der Waals surface area contributed by atoms with E-state index >= 15 is 0 Å². The number of hydrogen-bond donors (Lipinski definition) is 0. The first-order valence-corrected chi connectivity index (χ1v) is 9.23. The predicted molar refractivity (Wildman–Crippen MR) is 93.0 cm³/mol. The molecule has 0 bridgehead atoms. The van der Waals surface area contributed by atoms with Gasteiger partial charge in [-0.3, -0.25) is 0 Å². The number of carbonyl (C=O) groups is 2. The van der Waals surface area contributed by atoms with Crippen molar-refractivity contribution in [2.45, 2.75) is 33.4 Å². The van der Waals surface area contributed by atoms with Crippen molar-refractivity contribution < 1.29 is 19.1 Å². The van der Waals surface area contributed by atoms with Crippen LogP contribution in [-0.2, 0) is 9.47 Å². The van der Waals surface area contributed by atoms with Gasteiger partial charge in [-0.1, -0.05) is 23.5 Å². The molecule has 3 rings (SSSR count). The molecule has 4 nitrogen and oxygen atoms in total. The molecular weight excluding hydrogens is 344 g/mol. The fourth-order valence-electron chi connectivity index (χ4n) is 2.26. The molecule has 2 aromatic rings. The summed E-state index contributed by atoms with van der Waals surface area (Å²) in [5.41, 5.74) is 1.10. The minimum atomic E-state index is -0.311. The van der Waals surface area contributed by atoms with Crippen LogP contribution in [-0.4, -0.2) is 25.2 Å². The highest BCUT2D eigenvalue weighted by molar-refractivity contribution is 8.05. The van der Waals surface area contributed by atoms with Crippen LogP contribution in [0.5, 0.6) is 0 Å². The normalized spacial score (nSPS) is 12.1. The summed E-state index contributed by atoms with van der Waals surface area (Å²) < 4.78 is 10.1. The van der Waals surface area contributed by atoms with Crippen LogP contribution in [0.25, 0.3) is 0 Å². The first-order valence-electron chi connectivity index (χ1n) is 7.60. The highest BCUT2D eigenvalue weighted by Crippen LogP contribution is 2.48. The van der Waals surface area contributed by atoms with Crippen molar-refractivity contribution in [2.75, 3.05) is 13.2 Å². The van der Waals surface area contributed by atoms with Gasteiger partial charge < -0.3 is 9.47 Å². The van der Waals surface area contributed by atoms with Gasteiger partial charge in [-0.15, -0.1) is 0 Å². The van der Waals surface area contributed by atoms with E-state index in [4.69, 9.17) is 9.47 Å². The van der Waals surface area contributed by atoms with Crippen LogP contribution in [0.1, 0.15) is 34.6 Å². The van der Waals surface area contributed by atoms with Crippen LogP contribution >= 0.6 is 23.5 Å². The highest BCUT2D eigenvalue weighted by Gasteiger charge is 2.20. The minimum Gasteiger partial charge on any atom is -0.462 e. The van der Waals surface area contributed by atoms with Crippen molar-refractivity contribution in [3.8, 4) is 0 Å². The molecule has 0 aliphatic carbocycles. The SMILES string of the molecule is CCOC(=O)c1ccc2c(c1)Sc1ccc(C(=O)OCC)cc1S2. The Kier molecular flexibility index (Phi) is 5.16. The summed E-state index contributed by atoms with van der Waals surface area (Å²) in [6.07, 6.45) is 0. The monoisotopic (exact) mass is 360 g/mol. The number of esters is 2. The molecule has 0 aromatic heterocycles. The van der Waals surface area contributed by atoms with Crippen LogP contribution < -0.4 is 0 Å². The lowest BCUT2D eigenvalue weighted by Crippen LogP contribution is -2.06. The lowest BCUT2D eigenvalue weighted by Gasteiger charge is -2.19. The third-order valence-electron chi connectivity index (χ3n) is 3.35. The smallest absolute Gasteiger partial charge is 0.338 e. The first kappa shape index (κ1) is 16.9. The Morgan fingerprint density at radius 2 is 1.17 bits per heavy atom. The Morgan fingerprint density at radius 3 is 1.54 bits per heavy atom. The Balaban J connectivity index is 1.87. The lowest BCUT2D eigenvalue weighted by molar-refractivity contribution is 0.0516. The van der Waals surface area contributed by atoms with Gasteiger partial charge in [0.05, 0.1) is 24.3 Å². The zero-order chi connectivity index (χ0) is 17.1. The standard InChI is InChI=1S/C18H16O4S2/c1-3-21-17(19)11-5-7-13-15(9-11)23-14-8-6-12(10-16(14)24-13)18(20)22-4-2/h5-10H,3-4H2,1-2H3. The Hall–Kier alpha value is -1.92. The molecule has 0 spiro atoms. The third-order valence-corrected chi connectivity index (χ3v) is 5.88. The molecule has 24 heavy (non-hydrogen) atoms. The van der Waals surface area contributed by atoms with Crippen molar-refractivity contribution in [1.29, 1.82) is 0 Å². The summed E-state index contributed by atoms with van der Waals surface area (Å²) in [6, 6.07) is 11.1. The second-order valence-electron chi connectivity index (χ2n) is 4.97. The fourth-order valence-corrected chi connectivity index (χ4v) is 4.54. The van der Waals surface area contributed by atoms with E-state index in [-0.39, 0.29) is 11.9 Å². The van der Waals surface area contributed by atoms with Crippen LogP contribution in [0.2, 0.25) is 0 Å². The number of fused-ring (bicyclic) bond motifs is 2. The molecule has 0 saturated heterocycles. The van der Waals surface area contributed by atoms with Crippen molar-refractivity contribution in [3.05, 3.63) is 47.5 Å². The summed E-state index contributed by atoms with van der Waals surface area (Å²) in [4.78, 5) is 27.9. The average Bonchev–Trinajstić information content (AvgIpc) is 2.59.